The molecule has 5 heteroatoms. The van der Waals surface area contributed by atoms with Gasteiger partial charge >= 0.3 is 5.97 Å². The first-order chi connectivity index (χ1) is 13.2. The monoisotopic (exact) mass is 512 g/mol. The van der Waals surface area contributed by atoms with E-state index >= 15 is 0 Å². The van der Waals surface area contributed by atoms with Gasteiger partial charge in [-0.15, -0.1) is 0 Å². The molecule has 28 heavy (non-hydrogen) atoms. The molecule has 0 heterocycles. The van der Waals surface area contributed by atoms with Crippen molar-refractivity contribution in [1.29, 1.82) is 0 Å². The zero-order valence-corrected chi connectivity index (χ0v) is 20.2. The Bertz CT molecular complexity index is 766. The summed E-state index contributed by atoms with van der Waals surface area (Å²) >= 11 is 7.35. The van der Waals surface area contributed by atoms with Crippen LogP contribution in [0.15, 0.2) is 20.6 Å². The molecule has 3 nitrogen and oxygen atoms in total. The lowest BCUT2D eigenvalue weighted by Crippen LogP contribution is -2.52. The number of ether oxygens (including phenoxy) is 1. The number of carbonyl (C=O) groups is 2. The summed E-state index contributed by atoms with van der Waals surface area (Å²) in [7, 11) is 0. The van der Waals surface area contributed by atoms with Gasteiger partial charge in [-0.05, 0) is 111 Å². The molecule has 4 aliphatic carbocycles. The molecule has 0 aromatic rings. The zero-order valence-electron chi connectivity index (χ0n) is 17.0. The number of hydrogen-bond donors (Lipinski definition) is 0. The second-order valence-electron chi connectivity index (χ2n) is 9.72. The van der Waals surface area contributed by atoms with Crippen molar-refractivity contribution in [3.05, 3.63) is 20.6 Å². The molecule has 0 aromatic heterocycles. The molecule has 0 saturated heterocycles. The Hall–Kier alpha value is -0.420. The van der Waals surface area contributed by atoms with E-state index in [0.29, 0.717) is 30.6 Å². The van der Waals surface area contributed by atoms with Crippen LogP contribution in [0.2, 0.25) is 0 Å². The molecule has 0 spiro atoms. The molecule has 0 amide bonds. The maximum Gasteiger partial charge on any atom is 0.305 e. The maximum atomic E-state index is 12.2. The molecule has 0 unspecified atom stereocenters. The first-order valence-corrected chi connectivity index (χ1v) is 12.3. The van der Waals surface area contributed by atoms with E-state index in [2.05, 4.69) is 45.7 Å². The average molecular weight is 514 g/mol. The van der Waals surface area contributed by atoms with Gasteiger partial charge in [-0.25, -0.2) is 0 Å². The molecular weight excluding hydrogens is 484 g/mol. The topological polar surface area (TPSA) is 43.4 Å². The highest BCUT2D eigenvalue weighted by atomic mass is 79.9. The number of fused-ring (bicyclic) bond motifs is 5. The Morgan fingerprint density at radius 2 is 1.93 bits per heavy atom. The van der Waals surface area contributed by atoms with Crippen molar-refractivity contribution in [1.82, 2.24) is 0 Å². The number of rotatable bonds is 2. The molecule has 154 valence electrons. The molecule has 0 bridgehead atoms. The van der Waals surface area contributed by atoms with Gasteiger partial charge in [0.2, 0.25) is 0 Å². The Morgan fingerprint density at radius 3 is 2.61 bits per heavy atom. The lowest BCUT2D eigenvalue weighted by molar-refractivity contribution is -0.159. The summed E-state index contributed by atoms with van der Waals surface area (Å²) < 4.78 is 6.90. The van der Waals surface area contributed by atoms with Crippen LogP contribution in [0.25, 0.3) is 0 Å². The Balaban J connectivity index is 1.70. The minimum atomic E-state index is -0.0654. The van der Waals surface area contributed by atoms with E-state index in [1.807, 2.05) is 13.0 Å². The van der Waals surface area contributed by atoms with Crippen molar-refractivity contribution in [2.45, 2.75) is 78.2 Å². The highest BCUT2D eigenvalue weighted by molar-refractivity contribution is 9.28. The number of allylic oxidation sites excluding steroid dienone is 2. The summed E-state index contributed by atoms with van der Waals surface area (Å²) in [4.78, 5) is 24.2. The third kappa shape index (κ3) is 3.10. The zero-order chi connectivity index (χ0) is 20.3. The summed E-state index contributed by atoms with van der Waals surface area (Å²) in [5.41, 5.74) is 2.68. The van der Waals surface area contributed by atoms with Crippen LogP contribution in [-0.2, 0) is 14.3 Å². The van der Waals surface area contributed by atoms with Crippen molar-refractivity contribution in [2.24, 2.45) is 28.6 Å². The summed E-state index contributed by atoms with van der Waals surface area (Å²) in [6.45, 7) is 6.62. The summed E-state index contributed by atoms with van der Waals surface area (Å²) in [6.07, 6.45) is 9.45. The van der Waals surface area contributed by atoms with Crippen molar-refractivity contribution < 1.29 is 14.3 Å². The lowest BCUT2D eigenvalue weighted by Gasteiger charge is -2.58. The van der Waals surface area contributed by atoms with Gasteiger partial charge in [-0.2, -0.15) is 0 Å². The van der Waals surface area contributed by atoms with E-state index < -0.39 is 0 Å². The third-order valence-corrected chi connectivity index (χ3v) is 9.49. The van der Waals surface area contributed by atoms with Gasteiger partial charge in [0.25, 0.3) is 0 Å². The summed E-state index contributed by atoms with van der Waals surface area (Å²) in [6, 6.07) is 0. The van der Waals surface area contributed by atoms with Gasteiger partial charge in [0, 0.05) is 18.3 Å². The molecule has 0 aromatic carbocycles. The number of hydrogen-bond acceptors (Lipinski definition) is 3. The van der Waals surface area contributed by atoms with Crippen molar-refractivity contribution in [3.63, 3.8) is 0 Å². The van der Waals surface area contributed by atoms with E-state index in [0.717, 1.165) is 41.9 Å². The first kappa shape index (κ1) is 20.8. The highest BCUT2D eigenvalue weighted by Gasteiger charge is 2.60. The number of ketones is 1. The van der Waals surface area contributed by atoms with Crippen molar-refractivity contribution in [2.75, 3.05) is 0 Å². The van der Waals surface area contributed by atoms with Gasteiger partial charge in [0.1, 0.15) is 6.10 Å². The lowest BCUT2D eigenvalue weighted by atomic mass is 9.46. The molecule has 4 rings (SSSR count). The largest absolute Gasteiger partial charge is 0.462 e. The molecule has 0 radical (unpaired) electrons. The van der Waals surface area contributed by atoms with E-state index in [4.69, 9.17) is 4.74 Å². The van der Waals surface area contributed by atoms with Crippen LogP contribution in [0.5, 0.6) is 0 Å². The fraction of sp³-hybridized carbons (Fsp3) is 0.739. The number of halogens is 2. The van der Waals surface area contributed by atoms with E-state index in [-0.39, 0.29) is 28.7 Å². The normalized spacial score (nSPS) is 42.2. The molecule has 3 saturated carbocycles. The van der Waals surface area contributed by atoms with Crippen LogP contribution >= 0.6 is 31.9 Å². The maximum absolute atomic E-state index is 12.2. The summed E-state index contributed by atoms with van der Waals surface area (Å²) in [5, 5.41) is 0. The predicted octanol–water partition coefficient (Wildman–Crippen LogP) is 6.45. The van der Waals surface area contributed by atoms with Gasteiger partial charge in [-0.3, -0.25) is 9.59 Å². The second kappa shape index (κ2) is 7.37. The van der Waals surface area contributed by atoms with Crippen molar-refractivity contribution in [3.8, 4) is 0 Å². The minimum absolute atomic E-state index is 0.0587. The van der Waals surface area contributed by atoms with Gasteiger partial charge in [0.15, 0.2) is 5.78 Å². The van der Waals surface area contributed by atoms with Gasteiger partial charge < -0.3 is 4.74 Å². The molecule has 3 fully saturated rings. The average Bonchev–Trinajstić information content (AvgIpc) is 2.98. The van der Waals surface area contributed by atoms with Crippen LogP contribution in [0.1, 0.15) is 72.1 Å². The SMILES string of the molecule is CCC(=O)O[C@@H]1CC[C@H]2[C@@H]3CC(=C(Br)Br)C4=CC(=O)CC[C@]4(C)[C@H]3CC[C@]12C. The van der Waals surface area contributed by atoms with Crippen LogP contribution < -0.4 is 0 Å². The van der Waals surface area contributed by atoms with Crippen LogP contribution in [-0.4, -0.2) is 17.9 Å². The quantitative estimate of drug-likeness (QED) is 0.398. The first-order valence-electron chi connectivity index (χ1n) is 10.7. The number of carbonyl (C=O) groups excluding carboxylic acids is 2. The third-order valence-electron chi connectivity index (χ3n) is 8.54. The van der Waals surface area contributed by atoms with Crippen LogP contribution in [0.4, 0.5) is 0 Å². The highest BCUT2D eigenvalue weighted by Crippen LogP contribution is 2.67. The predicted molar refractivity (Wildman–Crippen MR) is 117 cm³/mol. The van der Waals surface area contributed by atoms with Gasteiger partial charge in [-0.1, -0.05) is 20.8 Å². The fourth-order valence-electron chi connectivity index (χ4n) is 7.01. The Kier molecular flexibility index (Phi) is 5.48. The van der Waals surface area contributed by atoms with E-state index in [1.54, 1.807) is 0 Å². The Morgan fingerprint density at radius 1 is 1.18 bits per heavy atom. The second-order valence-corrected chi connectivity index (χ2v) is 12.4. The Labute approximate surface area is 185 Å². The van der Waals surface area contributed by atoms with Crippen LogP contribution in [0, 0.1) is 28.6 Å². The number of esters is 1. The molecular formula is C23H30Br2O3. The van der Waals surface area contributed by atoms with E-state index in [1.165, 1.54) is 11.1 Å². The van der Waals surface area contributed by atoms with Gasteiger partial charge in [0.05, 0.1) is 3.39 Å². The standard InChI is InChI=1S/C23H30Br2O3/c1-4-20(27)28-19-6-5-16-14-12-15(21(24)25)18-11-13(26)7-9-22(18,2)17(14)8-10-23(16,19)3/h11,14,16-17,19H,4-10,12H2,1-3H3/t14-,16-,17-,19+,22+,23-/m0/s1. The summed E-state index contributed by atoms with van der Waals surface area (Å²) in [5.74, 6) is 1.96. The van der Waals surface area contributed by atoms with E-state index in [9.17, 15) is 9.59 Å². The molecule has 0 aliphatic heterocycles. The van der Waals surface area contributed by atoms with Crippen molar-refractivity contribution >= 4 is 43.6 Å². The molecule has 0 N–H and O–H groups in total. The smallest absolute Gasteiger partial charge is 0.305 e. The minimum Gasteiger partial charge on any atom is -0.462 e. The molecule has 6 atom stereocenters. The van der Waals surface area contributed by atoms with Crippen LogP contribution in [0.3, 0.4) is 0 Å². The molecule has 4 aliphatic rings. The fourth-order valence-corrected chi connectivity index (χ4v) is 7.76.